The van der Waals surface area contributed by atoms with Gasteiger partial charge in [0.05, 0.1) is 24.3 Å². The van der Waals surface area contributed by atoms with Crippen LogP contribution < -0.4 is 21.2 Å². The van der Waals surface area contributed by atoms with Gasteiger partial charge in [-0.25, -0.2) is 4.79 Å². The summed E-state index contributed by atoms with van der Waals surface area (Å²) in [6.07, 6.45) is 14.1. The first-order valence-electron chi connectivity index (χ1n) is 19.4. The van der Waals surface area contributed by atoms with Gasteiger partial charge in [0.25, 0.3) is 0 Å². The summed E-state index contributed by atoms with van der Waals surface area (Å²) in [6.45, 7) is 12.0. The van der Waals surface area contributed by atoms with Gasteiger partial charge in [-0.3, -0.25) is 19.2 Å². The molecule has 0 bridgehead atoms. The highest BCUT2D eigenvalue weighted by Crippen LogP contribution is 2.40. The van der Waals surface area contributed by atoms with E-state index in [4.69, 9.17) is 10.2 Å². The average Bonchev–Trinajstić information content (AvgIpc) is 3.56. The summed E-state index contributed by atoms with van der Waals surface area (Å²) >= 11 is 0. The molecule has 2 heterocycles. The summed E-state index contributed by atoms with van der Waals surface area (Å²) in [6, 6.07) is 13.7. The fourth-order valence-corrected chi connectivity index (χ4v) is 7.20. The molecular weight excluding hydrogens is 741 g/mol. The van der Waals surface area contributed by atoms with Crippen LogP contribution in [0.2, 0.25) is 0 Å². The monoisotopic (exact) mass is 793 g/mol. The number of fused-ring (bicyclic) bond motifs is 2. The summed E-state index contributed by atoms with van der Waals surface area (Å²) in [5, 5.41) is 34.7. The van der Waals surface area contributed by atoms with E-state index in [0.717, 1.165) is 38.4 Å². The number of nitrogens with zero attached hydrogens (tertiary/aromatic N) is 2. The first-order valence-corrected chi connectivity index (χ1v) is 19.4. The average molecular weight is 794 g/mol. The minimum Gasteiger partial charge on any atom is -0.481 e. The first kappa shape index (κ1) is 44.3. The van der Waals surface area contributed by atoms with Crippen LogP contribution in [0.4, 0.5) is 5.69 Å². The smallest absolute Gasteiger partial charge is 0.326 e. The van der Waals surface area contributed by atoms with Crippen LogP contribution in [0.1, 0.15) is 77.7 Å². The van der Waals surface area contributed by atoms with Gasteiger partial charge in [-0.15, -0.1) is 0 Å². The van der Waals surface area contributed by atoms with Crippen molar-refractivity contribution in [3.05, 3.63) is 101 Å². The van der Waals surface area contributed by atoms with Crippen molar-refractivity contribution in [1.82, 2.24) is 15.2 Å². The van der Waals surface area contributed by atoms with Crippen LogP contribution in [0.15, 0.2) is 84.5 Å². The number of aryl methyl sites for hydroxylation is 1. The molecule has 2 aromatic carbocycles. The normalized spacial score (nSPS) is 15.2. The fraction of sp³-hybridized carbons (Fsp3) is 0.356. The molecular formula is C45H53N4O9+. The van der Waals surface area contributed by atoms with Gasteiger partial charge in [-0.2, -0.15) is 4.58 Å². The van der Waals surface area contributed by atoms with E-state index in [0.29, 0.717) is 45.1 Å². The Morgan fingerprint density at radius 3 is 2.21 bits per heavy atom. The minimum atomic E-state index is -1.47. The van der Waals surface area contributed by atoms with Crippen LogP contribution in [0, 0.1) is 0 Å². The van der Waals surface area contributed by atoms with Gasteiger partial charge < -0.3 is 35.3 Å². The summed E-state index contributed by atoms with van der Waals surface area (Å²) < 4.78 is 4.44. The Balaban J connectivity index is 1.45. The van der Waals surface area contributed by atoms with Crippen molar-refractivity contribution in [2.24, 2.45) is 0 Å². The molecule has 0 saturated carbocycles. The molecule has 5 N–H and O–H groups in total. The van der Waals surface area contributed by atoms with E-state index < -0.39 is 48.7 Å². The Kier molecular flexibility index (Phi) is 15.8. The molecule has 3 aromatic rings. The lowest BCUT2D eigenvalue weighted by Gasteiger charge is -2.15. The van der Waals surface area contributed by atoms with E-state index in [1.807, 2.05) is 73.7 Å². The third kappa shape index (κ3) is 11.8. The Hall–Kier alpha value is -6.37. The van der Waals surface area contributed by atoms with Crippen molar-refractivity contribution in [3.63, 3.8) is 0 Å². The molecule has 0 spiro atoms. The number of carbonyl (C=O) groups excluding carboxylic acids is 3. The molecule has 13 heteroatoms. The van der Waals surface area contributed by atoms with Crippen LogP contribution in [-0.2, 0) is 40.7 Å². The lowest BCUT2D eigenvalue weighted by molar-refractivity contribution is -0.438. The van der Waals surface area contributed by atoms with E-state index in [2.05, 4.69) is 58.4 Å². The van der Waals surface area contributed by atoms with Crippen molar-refractivity contribution >= 4 is 71.0 Å². The predicted octanol–water partition coefficient (Wildman–Crippen LogP) is 4.51. The number of amides is 2. The van der Waals surface area contributed by atoms with E-state index in [9.17, 15) is 33.9 Å². The number of hydrogen-bond donors (Lipinski definition) is 5. The number of carboxylic acids is 3. The number of allylic oxidation sites excluding steroid dienone is 6. The highest BCUT2D eigenvalue weighted by molar-refractivity contribution is 6.03. The maximum atomic E-state index is 12.4. The quantitative estimate of drug-likeness (QED) is 0.0421. The number of aliphatic carboxylic acids is 3. The zero-order valence-electron chi connectivity index (χ0n) is 33.3. The van der Waals surface area contributed by atoms with Gasteiger partial charge in [-0.1, -0.05) is 72.9 Å². The van der Waals surface area contributed by atoms with E-state index in [1.54, 1.807) is 0 Å². The standard InChI is InChI=1S/C45H52N4O9/c1-30(15-13-21-36-31(2)33-17-5-7-19-37(33)48(36)25-11-9-24-41(52)47-35(44(57)58)28-43(55)56)16-14-22-39-45(3,4)34-18-6-8-20-38(34)49(39)26-12-10-23-40(51)46-32(29-50)27-42(53)54/h5-8,13-22,29,32,35H,2,9-12,23-28H2,1,3-4H3,(H4-,46,47,51,52,53,54,55,56,57,58)/p+1. The topological polar surface area (TPSA) is 195 Å². The van der Waals surface area contributed by atoms with Crippen LogP contribution in [0.25, 0.3) is 23.6 Å². The maximum absolute atomic E-state index is 12.4. The molecule has 0 saturated heterocycles. The van der Waals surface area contributed by atoms with Gasteiger partial charge >= 0.3 is 17.9 Å². The summed E-state index contributed by atoms with van der Waals surface area (Å²) in [5.74, 6) is -4.70. The predicted molar refractivity (Wildman–Crippen MR) is 222 cm³/mol. The number of aromatic nitrogens is 1. The summed E-state index contributed by atoms with van der Waals surface area (Å²) in [5.41, 5.74) is 5.18. The van der Waals surface area contributed by atoms with Crippen molar-refractivity contribution in [2.75, 3.05) is 6.54 Å². The van der Waals surface area contributed by atoms with Crippen molar-refractivity contribution in [3.8, 4) is 0 Å². The SMILES string of the molecule is C=c1c(=CC=CC(C)=CC=CC2=[N+](CCCCC(=O)NC(C=O)CC(=O)O)c3ccccc3C2(C)C)n(CCCCC(=O)NC(CC(=O)O)C(=O)O)c2ccccc12. The largest absolute Gasteiger partial charge is 0.481 e. The number of carboxylic acid groups (broad SMARTS) is 3. The van der Waals surface area contributed by atoms with Crippen molar-refractivity contribution < 1.29 is 48.7 Å². The molecule has 306 valence electrons. The molecule has 2 unspecified atom stereocenters. The molecule has 1 aliphatic rings. The lowest BCUT2D eigenvalue weighted by Crippen LogP contribution is -2.42. The first-order chi connectivity index (χ1) is 27.6. The molecule has 1 aromatic heterocycles. The van der Waals surface area contributed by atoms with Crippen molar-refractivity contribution in [1.29, 1.82) is 0 Å². The third-order valence-electron chi connectivity index (χ3n) is 10.1. The number of nitrogens with one attached hydrogen (secondary N) is 2. The molecule has 0 radical (unpaired) electrons. The van der Waals surface area contributed by atoms with Crippen molar-refractivity contribution in [2.45, 2.75) is 96.2 Å². The van der Waals surface area contributed by atoms with Crippen LogP contribution >= 0.6 is 0 Å². The maximum Gasteiger partial charge on any atom is 0.326 e. The van der Waals surface area contributed by atoms with Gasteiger partial charge in [0, 0.05) is 65.0 Å². The number of unbranched alkanes of at least 4 members (excludes halogenated alkanes) is 2. The van der Waals surface area contributed by atoms with E-state index in [1.165, 1.54) is 5.56 Å². The van der Waals surface area contributed by atoms with Gasteiger partial charge in [0.2, 0.25) is 17.5 Å². The minimum absolute atomic E-state index is 0.0660. The van der Waals surface area contributed by atoms with E-state index >= 15 is 0 Å². The molecule has 4 rings (SSSR count). The molecule has 2 amide bonds. The second kappa shape index (κ2) is 20.7. The van der Waals surface area contributed by atoms with Gasteiger partial charge in [0.15, 0.2) is 5.71 Å². The fourth-order valence-electron chi connectivity index (χ4n) is 7.20. The number of aldehydes is 1. The summed E-state index contributed by atoms with van der Waals surface area (Å²) in [7, 11) is 0. The van der Waals surface area contributed by atoms with Crippen LogP contribution in [0.5, 0.6) is 0 Å². The summed E-state index contributed by atoms with van der Waals surface area (Å²) in [4.78, 5) is 69.1. The molecule has 2 atom stereocenters. The molecule has 1 aliphatic heterocycles. The molecule has 0 fully saturated rings. The van der Waals surface area contributed by atoms with Crippen LogP contribution in [0.3, 0.4) is 0 Å². The van der Waals surface area contributed by atoms with E-state index in [-0.39, 0.29) is 24.2 Å². The number of rotatable bonds is 22. The molecule has 0 aliphatic carbocycles. The molecule has 58 heavy (non-hydrogen) atoms. The highest BCUT2D eigenvalue weighted by atomic mass is 16.4. The number of benzene rings is 2. The highest BCUT2D eigenvalue weighted by Gasteiger charge is 2.43. The third-order valence-corrected chi connectivity index (χ3v) is 10.1. The zero-order chi connectivity index (χ0) is 42.4. The zero-order valence-corrected chi connectivity index (χ0v) is 33.3. The Morgan fingerprint density at radius 2 is 1.52 bits per heavy atom. The number of carbonyl (C=O) groups is 6. The van der Waals surface area contributed by atoms with Gasteiger partial charge in [-0.05, 0) is 52.2 Å². The van der Waals surface area contributed by atoms with Gasteiger partial charge in [0.1, 0.15) is 18.9 Å². The number of hydrogen-bond acceptors (Lipinski definition) is 6. The lowest BCUT2D eigenvalue weighted by atomic mass is 9.81. The van der Waals surface area contributed by atoms with Crippen LogP contribution in [-0.4, -0.2) is 84.8 Å². The Bertz CT molecular complexity index is 2280. The second-order valence-electron chi connectivity index (χ2n) is 14.9. The molecule has 13 nitrogen and oxygen atoms in total. The number of para-hydroxylation sites is 2. The Morgan fingerprint density at radius 1 is 0.862 bits per heavy atom. The second-order valence-corrected chi connectivity index (χ2v) is 14.9. The Labute approximate surface area is 337 Å².